The lowest BCUT2D eigenvalue weighted by atomic mass is 9.90. The number of para-hydroxylation sites is 1. The second kappa shape index (κ2) is 7.56. The van der Waals surface area contributed by atoms with Crippen molar-refractivity contribution in [1.82, 2.24) is 0 Å². The summed E-state index contributed by atoms with van der Waals surface area (Å²) in [6.07, 6.45) is 0.136. The lowest BCUT2D eigenvalue weighted by Gasteiger charge is -2.24. The van der Waals surface area contributed by atoms with Gasteiger partial charge in [-0.2, -0.15) is 0 Å². The molecule has 0 fully saturated rings. The van der Waals surface area contributed by atoms with Gasteiger partial charge in [0.05, 0.1) is 5.92 Å². The molecule has 0 bridgehead atoms. The van der Waals surface area contributed by atoms with E-state index in [4.69, 9.17) is 4.74 Å². The van der Waals surface area contributed by atoms with Gasteiger partial charge in [-0.05, 0) is 60.5 Å². The molecule has 1 heterocycles. The van der Waals surface area contributed by atoms with Crippen LogP contribution in [-0.4, -0.2) is 11.8 Å². The molecule has 5 nitrogen and oxygen atoms in total. The molecule has 3 aromatic rings. The summed E-state index contributed by atoms with van der Waals surface area (Å²) in [5.41, 5.74) is 3.31. The standard InChI is InChI=1S/C23H20N2O3/c1-15-5-4-6-18(13-15)28-17-11-9-16(10-12-17)24-23(27)20-14-22(26)25-21-8-3-2-7-19(20)21/h2-13,20H,14H2,1H3,(H,24,27)(H,25,26). The molecular weight excluding hydrogens is 352 g/mol. The number of fused-ring (bicyclic) bond motifs is 1. The van der Waals surface area contributed by atoms with Crippen LogP contribution in [-0.2, 0) is 9.59 Å². The predicted octanol–water partition coefficient (Wildman–Crippen LogP) is 4.85. The molecule has 0 spiro atoms. The van der Waals surface area contributed by atoms with Crippen LogP contribution in [0.25, 0.3) is 0 Å². The Balaban J connectivity index is 1.46. The molecule has 0 saturated carbocycles. The quantitative estimate of drug-likeness (QED) is 0.688. The minimum absolute atomic E-state index is 0.136. The Morgan fingerprint density at radius 2 is 1.79 bits per heavy atom. The molecule has 0 aromatic heterocycles. The average Bonchev–Trinajstić information content (AvgIpc) is 2.69. The SMILES string of the molecule is Cc1cccc(Oc2ccc(NC(=O)C3CC(=O)Nc4ccccc43)cc2)c1. The highest BCUT2D eigenvalue weighted by atomic mass is 16.5. The van der Waals surface area contributed by atoms with Crippen LogP contribution in [0.15, 0.2) is 72.8 Å². The third-order valence-electron chi connectivity index (χ3n) is 4.66. The summed E-state index contributed by atoms with van der Waals surface area (Å²) in [6, 6.07) is 22.4. The Hall–Kier alpha value is -3.60. The van der Waals surface area contributed by atoms with Crippen molar-refractivity contribution in [2.45, 2.75) is 19.3 Å². The normalized spacial score (nSPS) is 15.3. The van der Waals surface area contributed by atoms with Gasteiger partial charge in [0.1, 0.15) is 11.5 Å². The van der Waals surface area contributed by atoms with Gasteiger partial charge in [0.15, 0.2) is 0 Å². The van der Waals surface area contributed by atoms with Crippen LogP contribution in [0.1, 0.15) is 23.5 Å². The molecule has 0 saturated heterocycles. The molecule has 5 heteroatoms. The van der Waals surface area contributed by atoms with Gasteiger partial charge in [0.25, 0.3) is 0 Å². The van der Waals surface area contributed by atoms with Crippen LogP contribution >= 0.6 is 0 Å². The number of benzene rings is 3. The Labute approximate surface area is 163 Å². The van der Waals surface area contributed by atoms with Crippen molar-refractivity contribution in [2.75, 3.05) is 10.6 Å². The Bertz CT molecular complexity index is 1030. The lowest BCUT2D eigenvalue weighted by molar-refractivity contribution is -0.123. The molecule has 140 valence electrons. The molecule has 28 heavy (non-hydrogen) atoms. The molecule has 2 amide bonds. The van der Waals surface area contributed by atoms with Gasteiger partial charge in [-0.25, -0.2) is 0 Å². The van der Waals surface area contributed by atoms with Crippen LogP contribution in [0, 0.1) is 6.92 Å². The van der Waals surface area contributed by atoms with Crippen LogP contribution in [0.4, 0.5) is 11.4 Å². The molecule has 3 aromatic carbocycles. The summed E-state index contributed by atoms with van der Waals surface area (Å²) in [6.45, 7) is 2.01. The fraction of sp³-hybridized carbons (Fsp3) is 0.130. The van der Waals surface area contributed by atoms with E-state index in [0.29, 0.717) is 17.1 Å². The first-order chi connectivity index (χ1) is 13.6. The van der Waals surface area contributed by atoms with Crippen LogP contribution in [0.2, 0.25) is 0 Å². The van der Waals surface area contributed by atoms with E-state index in [1.54, 1.807) is 24.3 Å². The van der Waals surface area contributed by atoms with Gasteiger partial charge in [0, 0.05) is 17.8 Å². The number of carbonyl (C=O) groups excluding carboxylic acids is 2. The second-order valence-electron chi connectivity index (χ2n) is 6.82. The van der Waals surface area contributed by atoms with Gasteiger partial charge >= 0.3 is 0 Å². The Kier molecular flexibility index (Phi) is 4.81. The maximum atomic E-state index is 12.8. The van der Waals surface area contributed by atoms with E-state index in [-0.39, 0.29) is 18.2 Å². The molecule has 2 N–H and O–H groups in total. The lowest BCUT2D eigenvalue weighted by Crippen LogP contribution is -2.30. The summed E-state index contributed by atoms with van der Waals surface area (Å²) >= 11 is 0. The number of aryl methyl sites for hydroxylation is 1. The molecule has 0 radical (unpaired) electrons. The van der Waals surface area contributed by atoms with Crippen LogP contribution in [0.3, 0.4) is 0 Å². The third-order valence-corrected chi connectivity index (χ3v) is 4.66. The molecule has 1 aliphatic rings. The van der Waals surface area contributed by atoms with Crippen molar-refractivity contribution in [2.24, 2.45) is 0 Å². The van der Waals surface area contributed by atoms with Gasteiger partial charge in [-0.3, -0.25) is 9.59 Å². The van der Waals surface area contributed by atoms with Crippen molar-refractivity contribution in [1.29, 1.82) is 0 Å². The molecule has 1 aliphatic heterocycles. The van der Waals surface area contributed by atoms with Gasteiger partial charge < -0.3 is 15.4 Å². The Morgan fingerprint density at radius 1 is 1.00 bits per heavy atom. The van der Waals surface area contributed by atoms with Crippen LogP contribution < -0.4 is 15.4 Å². The number of amides is 2. The average molecular weight is 372 g/mol. The molecular formula is C23H20N2O3. The third kappa shape index (κ3) is 3.88. The minimum Gasteiger partial charge on any atom is -0.457 e. The molecule has 1 unspecified atom stereocenters. The first-order valence-electron chi connectivity index (χ1n) is 9.13. The molecule has 1 atom stereocenters. The first kappa shape index (κ1) is 17.8. The fourth-order valence-electron chi connectivity index (χ4n) is 3.30. The largest absolute Gasteiger partial charge is 0.457 e. The van der Waals surface area contributed by atoms with E-state index in [1.165, 1.54) is 0 Å². The number of rotatable bonds is 4. The summed E-state index contributed by atoms with van der Waals surface area (Å²) in [7, 11) is 0. The highest BCUT2D eigenvalue weighted by Crippen LogP contribution is 2.33. The number of nitrogens with one attached hydrogen (secondary N) is 2. The van der Waals surface area contributed by atoms with Crippen LogP contribution in [0.5, 0.6) is 11.5 Å². The highest BCUT2D eigenvalue weighted by Gasteiger charge is 2.30. The summed E-state index contributed by atoms with van der Waals surface area (Å²) in [5, 5.41) is 5.71. The van der Waals surface area contributed by atoms with Gasteiger partial charge in [0.2, 0.25) is 11.8 Å². The molecule has 4 rings (SSSR count). The second-order valence-corrected chi connectivity index (χ2v) is 6.82. The summed E-state index contributed by atoms with van der Waals surface area (Å²) in [5.74, 6) is 0.594. The monoisotopic (exact) mass is 372 g/mol. The maximum Gasteiger partial charge on any atom is 0.232 e. The van der Waals surface area contributed by atoms with E-state index in [1.807, 2.05) is 55.5 Å². The summed E-state index contributed by atoms with van der Waals surface area (Å²) in [4.78, 5) is 24.7. The fourth-order valence-corrected chi connectivity index (χ4v) is 3.30. The number of hydrogen-bond donors (Lipinski definition) is 2. The van der Waals surface area contributed by atoms with E-state index in [2.05, 4.69) is 10.6 Å². The summed E-state index contributed by atoms with van der Waals surface area (Å²) < 4.78 is 5.83. The first-order valence-corrected chi connectivity index (χ1v) is 9.13. The van der Waals surface area contributed by atoms with E-state index >= 15 is 0 Å². The van der Waals surface area contributed by atoms with Crippen molar-refractivity contribution >= 4 is 23.2 Å². The van der Waals surface area contributed by atoms with Crippen molar-refractivity contribution in [3.05, 3.63) is 83.9 Å². The smallest absolute Gasteiger partial charge is 0.232 e. The zero-order valence-corrected chi connectivity index (χ0v) is 15.4. The number of ether oxygens (including phenoxy) is 1. The van der Waals surface area contributed by atoms with Gasteiger partial charge in [-0.1, -0.05) is 30.3 Å². The van der Waals surface area contributed by atoms with E-state index in [0.717, 1.165) is 16.9 Å². The Morgan fingerprint density at radius 3 is 2.57 bits per heavy atom. The zero-order valence-electron chi connectivity index (χ0n) is 15.4. The highest BCUT2D eigenvalue weighted by molar-refractivity contribution is 6.05. The molecule has 0 aliphatic carbocycles. The van der Waals surface area contributed by atoms with Crippen molar-refractivity contribution < 1.29 is 14.3 Å². The zero-order chi connectivity index (χ0) is 19.5. The minimum atomic E-state index is -0.506. The van der Waals surface area contributed by atoms with Gasteiger partial charge in [-0.15, -0.1) is 0 Å². The van der Waals surface area contributed by atoms with E-state index < -0.39 is 5.92 Å². The maximum absolute atomic E-state index is 12.8. The number of hydrogen-bond acceptors (Lipinski definition) is 3. The van der Waals surface area contributed by atoms with Crippen molar-refractivity contribution in [3.8, 4) is 11.5 Å². The van der Waals surface area contributed by atoms with E-state index in [9.17, 15) is 9.59 Å². The predicted molar refractivity (Wildman–Crippen MR) is 109 cm³/mol. The van der Waals surface area contributed by atoms with Crippen molar-refractivity contribution in [3.63, 3.8) is 0 Å². The number of anilines is 2. The number of carbonyl (C=O) groups is 2. The topological polar surface area (TPSA) is 67.4 Å².